The molecule has 0 aromatic heterocycles. The first kappa shape index (κ1) is 21.6. The standard InChI is InChI=1S/C21H20O8/c1-12(22)27-17-7-4-15(20(11-17)28-13(2)23)5-9-19(26)18-8-6-16(25)10-21(18)29-14(3)24/h4-11,19,25-26H,1-3H3. The average Bonchev–Trinajstić information content (AvgIpc) is 2.59. The molecule has 0 aliphatic carbocycles. The zero-order chi connectivity index (χ0) is 21.6. The van der Waals surface area contributed by atoms with Gasteiger partial charge >= 0.3 is 17.9 Å². The molecule has 0 spiro atoms. The maximum atomic E-state index is 11.4. The van der Waals surface area contributed by atoms with Crippen LogP contribution in [0.1, 0.15) is 38.0 Å². The summed E-state index contributed by atoms with van der Waals surface area (Å²) in [5.41, 5.74) is 0.683. The SMILES string of the molecule is CC(=O)Oc1ccc(C=CC(O)c2ccc(O)cc2OC(C)=O)c(OC(C)=O)c1. The van der Waals surface area contributed by atoms with Gasteiger partial charge < -0.3 is 24.4 Å². The summed E-state index contributed by atoms with van der Waals surface area (Å²) in [6.07, 6.45) is 1.68. The van der Waals surface area contributed by atoms with Crippen LogP contribution in [-0.4, -0.2) is 28.1 Å². The molecule has 1 unspecified atom stereocenters. The van der Waals surface area contributed by atoms with Gasteiger partial charge in [-0.3, -0.25) is 14.4 Å². The summed E-state index contributed by atoms with van der Waals surface area (Å²) in [5.74, 6) is -1.49. The zero-order valence-corrected chi connectivity index (χ0v) is 16.0. The lowest BCUT2D eigenvalue weighted by Gasteiger charge is -2.13. The van der Waals surface area contributed by atoms with E-state index in [9.17, 15) is 24.6 Å². The van der Waals surface area contributed by atoms with Crippen molar-refractivity contribution < 1.29 is 38.8 Å². The van der Waals surface area contributed by atoms with E-state index in [1.54, 1.807) is 6.07 Å². The zero-order valence-electron chi connectivity index (χ0n) is 16.0. The van der Waals surface area contributed by atoms with Crippen LogP contribution in [0.2, 0.25) is 0 Å². The third-order valence-corrected chi connectivity index (χ3v) is 3.53. The Labute approximate surface area is 166 Å². The molecular formula is C21H20O8. The molecule has 0 aliphatic heterocycles. The predicted molar refractivity (Wildman–Crippen MR) is 102 cm³/mol. The molecule has 29 heavy (non-hydrogen) atoms. The highest BCUT2D eigenvalue weighted by Crippen LogP contribution is 2.32. The summed E-state index contributed by atoms with van der Waals surface area (Å²) in [4.78, 5) is 33.7. The number of hydrogen-bond acceptors (Lipinski definition) is 8. The van der Waals surface area contributed by atoms with E-state index >= 15 is 0 Å². The number of aromatic hydroxyl groups is 1. The number of benzene rings is 2. The second-order valence-corrected chi connectivity index (χ2v) is 6.01. The topological polar surface area (TPSA) is 119 Å². The number of aliphatic hydroxyl groups excluding tert-OH is 1. The Kier molecular flexibility index (Phi) is 7.10. The molecule has 0 fully saturated rings. The molecule has 0 saturated heterocycles. The van der Waals surface area contributed by atoms with Gasteiger partial charge in [0.15, 0.2) is 0 Å². The van der Waals surface area contributed by atoms with E-state index in [0.717, 1.165) is 0 Å². The van der Waals surface area contributed by atoms with Crippen LogP contribution in [0.4, 0.5) is 0 Å². The van der Waals surface area contributed by atoms with Gasteiger partial charge in [-0.1, -0.05) is 12.2 Å². The Hall–Kier alpha value is -3.65. The predicted octanol–water partition coefficient (Wildman–Crippen LogP) is 2.91. The lowest BCUT2D eigenvalue weighted by Crippen LogP contribution is -2.06. The van der Waals surface area contributed by atoms with E-state index < -0.39 is 24.0 Å². The molecule has 0 bridgehead atoms. The van der Waals surface area contributed by atoms with E-state index in [2.05, 4.69) is 0 Å². The minimum atomic E-state index is -1.19. The van der Waals surface area contributed by atoms with Gasteiger partial charge in [0.25, 0.3) is 0 Å². The van der Waals surface area contributed by atoms with Crippen LogP contribution < -0.4 is 14.2 Å². The first-order chi connectivity index (χ1) is 13.7. The van der Waals surface area contributed by atoms with Crippen molar-refractivity contribution >= 4 is 24.0 Å². The maximum Gasteiger partial charge on any atom is 0.308 e. The van der Waals surface area contributed by atoms with Crippen LogP contribution in [0.3, 0.4) is 0 Å². The molecule has 0 radical (unpaired) electrons. The number of ether oxygens (including phenoxy) is 3. The van der Waals surface area contributed by atoms with Crippen molar-refractivity contribution in [3.8, 4) is 23.0 Å². The Balaban J connectivity index is 2.34. The second-order valence-electron chi connectivity index (χ2n) is 6.01. The molecule has 1 atom stereocenters. The minimum Gasteiger partial charge on any atom is -0.508 e. The molecular weight excluding hydrogens is 380 g/mol. The molecule has 0 saturated carbocycles. The molecule has 2 rings (SSSR count). The van der Waals surface area contributed by atoms with E-state index in [4.69, 9.17) is 14.2 Å². The summed E-state index contributed by atoms with van der Waals surface area (Å²) in [5, 5.41) is 20.0. The van der Waals surface area contributed by atoms with Gasteiger partial charge in [0.05, 0.1) is 0 Å². The minimum absolute atomic E-state index is 0.0139. The molecule has 2 N–H and O–H groups in total. The van der Waals surface area contributed by atoms with Crippen LogP contribution in [0.25, 0.3) is 6.08 Å². The monoisotopic (exact) mass is 400 g/mol. The number of hydrogen-bond donors (Lipinski definition) is 2. The van der Waals surface area contributed by atoms with E-state index in [1.807, 2.05) is 0 Å². The molecule has 2 aromatic rings. The van der Waals surface area contributed by atoms with Gasteiger partial charge in [0.2, 0.25) is 0 Å². The smallest absolute Gasteiger partial charge is 0.308 e. The Bertz CT molecular complexity index is 961. The Morgan fingerprint density at radius 2 is 1.48 bits per heavy atom. The summed E-state index contributed by atoms with van der Waals surface area (Å²) in [6, 6.07) is 8.40. The summed E-state index contributed by atoms with van der Waals surface area (Å²) in [6.45, 7) is 3.67. The lowest BCUT2D eigenvalue weighted by atomic mass is 10.1. The molecule has 0 heterocycles. The van der Waals surface area contributed by atoms with Crippen LogP contribution in [0.15, 0.2) is 42.5 Å². The highest BCUT2D eigenvalue weighted by molar-refractivity contribution is 5.74. The van der Waals surface area contributed by atoms with Crippen LogP contribution in [0, 0.1) is 0 Å². The average molecular weight is 400 g/mol. The van der Waals surface area contributed by atoms with Crippen molar-refractivity contribution in [2.75, 3.05) is 0 Å². The first-order valence-corrected chi connectivity index (χ1v) is 8.54. The number of phenols is 1. The summed E-state index contributed by atoms with van der Waals surface area (Å²) in [7, 11) is 0. The first-order valence-electron chi connectivity index (χ1n) is 8.54. The number of phenolic OH excluding ortho intramolecular Hbond substituents is 1. The van der Waals surface area contributed by atoms with Crippen LogP contribution in [-0.2, 0) is 14.4 Å². The van der Waals surface area contributed by atoms with Crippen molar-refractivity contribution in [1.29, 1.82) is 0 Å². The number of esters is 3. The quantitative estimate of drug-likeness (QED) is 0.561. The van der Waals surface area contributed by atoms with E-state index in [0.29, 0.717) is 5.56 Å². The van der Waals surface area contributed by atoms with Crippen molar-refractivity contribution in [1.82, 2.24) is 0 Å². The Morgan fingerprint density at radius 3 is 2.10 bits per heavy atom. The van der Waals surface area contributed by atoms with Gasteiger partial charge in [-0.05, 0) is 24.3 Å². The molecule has 0 amide bonds. The van der Waals surface area contributed by atoms with Gasteiger partial charge in [0, 0.05) is 44.0 Å². The largest absolute Gasteiger partial charge is 0.508 e. The van der Waals surface area contributed by atoms with Gasteiger partial charge in [0.1, 0.15) is 29.1 Å². The highest BCUT2D eigenvalue weighted by atomic mass is 16.5. The maximum absolute atomic E-state index is 11.4. The van der Waals surface area contributed by atoms with Crippen molar-refractivity contribution in [2.45, 2.75) is 26.9 Å². The fraction of sp³-hybridized carbons (Fsp3) is 0.190. The molecule has 8 nitrogen and oxygen atoms in total. The van der Waals surface area contributed by atoms with Crippen molar-refractivity contribution in [2.24, 2.45) is 0 Å². The third-order valence-electron chi connectivity index (χ3n) is 3.53. The van der Waals surface area contributed by atoms with E-state index in [1.165, 1.54) is 63.3 Å². The molecule has 2 aromatic carbocycles. The highest BCUT2D eigenvalue weighted by Gasteiger charge is 2.14. The van der Waals surface area contributed by atoms with Gasteiger partial charge in [-0.25, -0.2) is 0 Å². The lowest BCUT2D eigenvalue weighted by molar-refractivity contribution is -0.133. The van der Waals surface area contributed by atoms with Crippen molar-refractivity contribution in [3.63, 3.8) is 0 Å². The molecule has 8 heteroatoms. The fourth-order valence-electron chi connectivity index (χ4n) is 2.43. The number of carbonyl (C=O) groups is 3. The van der Waals surface area contributed by atoms with Crippen LogP contribution >= 0.6 is 0 Å². The molecule has 0 aliphatic rings. The van der Waals surface area contributed by atoms with Gasteiger partial charge in [-0.2, -0.15) is 0 Å². The Morgan fingerprint density at radius 1 is 0.862 bits per heavy atom. The number of carbonyl (C=O) groups excluding carboxylic acids is 3. The van der Waals surface area contributed by atoms with Gasteiger partial charge in [-0.15, -0.1) is 0 Å². The number of rotatable bonds is 6. The second kappa shape index (κ2) is 9.52. The normalized spacial score (nSPS) is 11.7. The summed E-state index contributed by atoms with van der Waals surface area (Å²) < 4.78 is 15.1. The summed E-state index contributed by atoms with van der Waals surface area (Å²) >= 11 is 0. The van der Waals surface area contributed by atoms with Crippen LogP contribution in [0.5, 0.6) is 23.0 Å². The number of aliphatic hydroxyl groups is 1. The molecule has 152 valence electrons. The third kappa shape index (κ3) is 6.47. The van der Waals surface area contributed by atoms with E-state index in [-0.39, 0.29) is 28.6 Å². The fourth-order valence-corrected chi connectivity index (χ4v) is 2.43. The van der Waals surface area contributed by atoms with Crippen molar-refractivity contribution in [3.05, 3.63) is 53.6 Å².